The number of anilines is 3. The molecule has 1 saturated carbocycles. The molecule has 2 N–H and O–H groups in total. The lowest BCUT2D eigenvalue weighted by molar-refractivity contribution is -0.0221. The molecular weight excluding hydrogens is 554 g/mol. The first-order valence-electron chi connectivity index (χ1n) is 14.0. The molecule has 0 radical (unpaired) electrons. The minimum absolute atomic E-state index is 0.213. The standard InChI is InChI=1S/C28H34F2N6O4S/c1-19-16-20(17-24(31-19)36-12-8-28(29,30)9-13-36)25-32-33-26(40-25)22-3-2-21(34-41(38,39)15-14-37)18-23(22)35-10-6-27(4-5-27)7-11-35/h2-3,16-18,34,37H,4-15H2,1H3. The van der Waals surface area contributed by atoms with E-state index in [-0.39, 0.29) is 31.8 Å². The lowest BCUT2D eigenvalue weighted by Gasteiger charge is -2.35. The number of aliphatic hydroxyl groups is 1. The van der Waals surface area contributed by atoms with Crippen LogP contribution in [0.15, 0.2) is 34.7 Å². The van der Waals surface area contributed by atoms with Crippen molar-refractivity contribution in [3.05, 3.63) is 36.0 Å². The van der Waals surface area contributed by atoms with Crippen molar-refractivity contribution < 1.29 is 26.7 Å². The number of sulfonamides is 1. The number of aliphatic hydroxyl groups excluding tert-OH is 1. The topological polar surface area (TPSA) is 125 Å². The number of rotatable bonds is 8. The van der Waals surface area contributed by atoms with Crippen LogP contribution in [0.1, 0.15) is 44.2 Å². The first-order chi connectivity index (χ1) is 19.5. The van der Waals surface area contributed by atoms with Gasteiger partial charge in [-0.2, -0.15) is 0 Å². The van der Waals surface area contributed by atoms with Gasteiger partial charge in [-0.3, -0.25) is 4.72 Å². The van der Waals surface area contributed by atoms with Crippen LogP contribution in [0.25, 0.3) is 22.9 Å². The Hall–Kier alpha value is -3.32. The average Bonchev–Trinajstić information content (AvgIpc) is 3.48. The maximum atomic E-state index is 13.7. The fourth-order valence-electron chi connectivity index (χ4n) is 5.74. The van der Waals surface area contributed by atoms with Gasteiger partial charge in [0.25, 0.3) is 5.92 Å². The van der Waals surface area contributed by atoms with Gasteiger partial charge in [-0.25, -0.2) is 22.2 Å². The van der Waals surface area contributed by atoms with Crippen molar-refractivity contribution in [3.8, 4) is 22.9 Å². The van der Waals surface area contributed by atoms with Crippen LogP contribution < -0.4 is 14.5 Å². The predicted molar refractivity (Wildman–Crippen MR) is 152 cm³/mol. The summed E-state index contributed by atoms with van der Waals surface area (Å²) < 4.78 is 60.8. The van der Waals surface area contributed by atoms with Crippen LogP contribution in [-0.2, 0) is 10.0 Å². The monoisotopic (exact) mass is 588 g/mol. The van der Waals surface area contributed by atoms with Crippen LogP contribution in [0.2, 0.25) is 0 Å². The summed E-state index contributed by atoms with van der Waals surface area (Å²) in [6.07, 6.45) is 4.24. The summed E-state index contributed by atoms with van der Waals surface area (Å²) in [7, 11) is -3.70. The second-order valence-corrected chi connectivity index (χ2v) is 13.3. The molecule has 41 heavy (non-hydrogen) atoms. The number of aryl methyl sites for hydroxylation is 1. The van der Waals surface area contributed by atoms with Gasteiger partial charge in [-0.15, -0.1) is 10.2 Å². The maximum absolute atomic E-state index is 13.7. The van der Waals surface area contributed by atoms with E-state index in [1.54, 1.807) is 24.3 Å². The fourth-order valence-corrected chi connectivity index (χ4v) is 6.56. The lowest BCUT2D eigenvalue weighted by Crippen LogP contribution is -2.39. The number of nitrogens with one attached hydrogen (secondary N) is 1. The largest absolute Gasteiger partial charge is 0.416 e. The third-order valence-electron chi connectivity index (χ3n) is 8.41. The van der Waals surface area contributed by atoms with E-state index >= 15 is 0 Å². The fraction of sp³-hybridized carbons (Fsp3) is 0.536. The van der Waals surface area contributed by atoms with E-state index < -0.39 is 28.3 Å². The lowest BCUT2D eigenvalue weighted by atomic mass is 9.93. The minimum atomic E-state index is -3.70. The molecule has 13 heteroatoms. The number of piperidine rings is 2. The Kier molecular flexibility index (Phi) is 7.13. The number of pyridine rings is 1. The van der Waals surface area contributed by atoms with Gasteiger partial charge in [0.15, 0.2) is 0 Å². The van der Waals surface area contributed by atoms with E-state index in [1.807, 2.05) is 17.9 Å². The Balaban J connectivity index is 1.30. The second kappa shape index (κ2) is 10.5. The average molecular weight is 589 g/mol. The molecule has 1 aromatic carbocycles. The quantitative estimate of drug-likeness (QED) is 0.393. The molecule has 3 aromatic rings. The van der Waals surface area contributed by atoms with E-state index in [9.17, 15) is 17.2 Å². The second-order valence-electron chi connectivity index (χ2n) is 11.5. The Labute approximate surface area is 237 Å². The van der Waals surface area contributed by atoms with Crippen LogP contribution in [0.4, 0.5) is 26.0 Å². The molecule has 6 rings (SSSR count). The molecule has 2 aromatic heterocycles. The van der Waals surface area contributed by atoms with E-state index in [0.29, 0.717) is 39.6 Å². The third kappa shape index (κ3) is 6.15. The molecule has 1 spiro atoms. The van der Waals surface area contributed by atoms with Gasteiger partial charge in [0.05, 0.1) is 29.3 Å². The Morgan fingerprint density at radius 2 is 1.63 bits per heavy atom. The van der Waals surface area contributed by atoms with Gasteiger partial charge in [0.1, 0.15) is 5.82 Å². The van der Waals surface area contributed by atoms with Crippen molar-refractivity contribution in [1.29, 1.82) is 0 Å². The van der Waals surface area contributed by atoms with Crippen LogP contribution >= 0.6 is 0 Å². The summed E-state index contributed by atoms with van der Waals surface area (Å²) in [5.74, 6) is -1.87. The van der Waals surface area contributed by atoms with Crippen LogP contribution in [-0.4, -0.2) is 73.2 Å². The highest BCUT2D eigenvalue weighted by molar-refractivity contribution is 7.92. The first kappa shape index (κ1) is 27.8. The van der Waals surface area contributed by atoms with E-state index in [2.05, 4.69) is 24.8 Å². The molecule has 0 atom stereocenters. The number of aromatic nitrogens is 3. The van der Waals surface area contributed by atoms with E-state index in [0.717, 1.165) is 31.6 Å². The van der Waals surface area contributed by atoms with Crippen molar-refractivity contribution >= 4 is 27.2 Å². The van der Waals surface area contributed by atoms with Crippen molar-refractivity contribution in [3.63, 3.8) is 0 Å². The molecule has 0 unspecified atom stereocenters. The van der Waals surface area contributed by atoms with Crippen LogP contribution in [0.3, 0.4) is 0 Å². The third-order valence-corrected chi connectivity index (χ3v) is 9.68. The van der Waals surface area contributed by atoms with Crippen molar-refractivity contribution in [2.24, 2.45) is 5.41 Å². The zero-order valence-corrected chi connectivity index (χ0v) is 23.8. The maximum Gasteiger partial charge on any atom is 0.251 e. The summed E-state index contributed by atoms with van der Waals surface area (Å²) in [5, 5.41) is 17.8. The first-order valence-corrected chi connectivity index (χ1v) is 15.7. The van der Waals surface area contributed by atoms with Gasteiger partial charge in [-0.1, -0.05) is 0 Å². The molecule has 4 heterocycles. The summed E-state index contributed by atoms with van der Waals surface area (Å²) in [4.78, 5) is 8.63. The molecule has 3 fully saturated rings. The number of alkyl halides is 2. The summed E-state index contributed by atoms with van der Waals surface area (Å²) in [5.41, 5.74) is 3.68. The van der Waals surface area contributed by atoms with Crippen LogP contribution in [0.5, 0.6) is 0 Å². The molecule has 10 nitrogen and oxygen atoms in total. The normalized spacial score (nSPS) is 19.9. The van der Waals surface area contributed by atoms with Gasteiger partial charge in [-0.05, 0) is 68.4 Å². The van der Waals surface area contributed by atoms with E-state index in [4.69, 9.17) is 9.52 Å². The number of halogens is 2. The van der Waals surface area contributed by atoms with Crippen molar-refractivity contribution in [2.45, 2.75) is 51.4 Å². The van der Waals surface area contributed by atoms with Gasteiger partial charge >= 0.3 is 0 Å². The highest BCUT2D eigenvalue weighted by Crippen LogP contribution is 2.54. The Morgan fingerprint density at radius 1 is 0.951 bits per heavy atom. The summed E-state index contributed by atoms with van der Waals surface area (Å²) in [6, 6.07) is 8.79. The Bertz CT molecular complexity index is 1520. The predicted octanol–water partition coefficient (Wildman–Crippen LogP) is 4.46. The van der Waals surface area contributed by atoms with Crippen LogP contribution in [0, 0.1) is 12.3 Å². The molecular formula is C28H34F2N6O4S. The minimum Gasteiger partial charge on any atom is -0.416 e. The zero-order chi connectivity index (χ0) is 28.8. The van der Waals surface area contributed by atoms with Gasteiger partial charge in [0, 0.05) is 50.3 Å². The highest BCUT2D eigenvalue weighted by Gasteiger charge is 2.44. The van der Waals surface area contributed by atoms with Gasteiger partial charge in [0.2, 0.25) is 21.8 Å². The SMILES string of the molecule is Cc1cc(-c2nnc(-c3ccc(NS(=O)(=O)CCO)cc3N3CCC4(CC3)CC4)o2)cc(N2CCC(F)(F)CC2)n1. The number of nitrogens with zero attached hydrogens (tertiary/aromatic N) is 5. The van der Waals surface area contributed by atoms with Gasteiger partial charge < -0.3 is 19.3 Å². The zero-order valence-electron chi connectivity index (χ0n) is 22.9. The summed E-state index contributed by atoms with van der Waals surface area (Å²) in [6.45, 7) is 3.46. The molecule has 2 aliphatic heterocycles. The highest BCUT2D eigenvalue weighted by atomic mass is 32.2. The number of benzene rings is 1. The molecule has 1 aliphatic carbocycles. The smallest absolute Gasteiger partial charge is 0.251 e. The number of hydrogen-bond donors (Lipinski definition) is 2. The van der Waals surface area contributed by atoms with Crippen molar-refractivity contribution in [1.82, 2.24) is 15.2 Å². The Morgan fingerprint density at radius 3 is 2.32 bits per heavy atom. The molecule has 0 amide bonds. The molecule has 0 bridgehead atoms. The number of hydrogen-bond acceptors (Lipinski definition) is 9. The molecule has 2 saturated heterocycles. The van der Waals surface area contributed by atoms with Crippen molar-refractivity contribution in [2.75, 3.05) is 53.1 Å². The molecule has 220 valence electrons. The summed E-state index contributed by atoms with van der Waals surface area (Å²) >= 11 is 0. The van der Waals surface area contributed by atoms with E-state index in [1.165, 1.54) is 12.8 Å². The molecule has 3 aliphatic rings.